The number of hydrogen-bond acceptors (Lipinski definition) is 5. The van der Waals surface area contributed by atoms with E-state index in [9.17, 15) is 14.4 Å². The molecular weight excluding hydrogens is 308 g/mol. The highest BCUT2D eigenvalue weighted by molar-refractivity contribution is 6.07. The number of esters is 1. The average Bonchev–Trinajstić information content (AvgIpc) is 2.85. The molecule has 0 spiro atoms. The van der Waals surface area contributed by atoms with E-state index in [1.165, 1.54) is 0 Å². The molecule has 0 N–H and O–H groups in total. The van der Waals surface area contributed by atoms with Gasteiger partial charge in [0.15, 0.2) is 0 Å². The van der Waals surface area contributed by atoms with Crippen molar-refractivity contribution >= 4 is 17.8 Å². The lowest BCUT2D eigenvalue weighted by Crippen LogP contribution is -2.36. The number of carbonyl (C=O) groups excluding carboxylic acids is 3. The number of pyridine rings is 1. The lowest BCUT2D eigenvalue weighted by atomic mass is 9.81. The first-order chi connectivity index (χ1) is 11.7. The molecule has 0 aromatic carbocycles. The number of fused-ring (bicyclic) bond motifs is 1. The molecule has 0 radical (unpaired) electrons. The maximum absolute atomic E-state index is 12.3. The predicted molar refractivity (Wildman–Crippen MR) is 85.7 cm³/mol. The Morgan fingerprint density at radius 2 is 1.92 bits per heavy atom. The first-order valence-electron chi connectivity index (χ1n) is 8.56. The smallest absolute Gasteiger partial charge is 0.326 e. The predicted octanol–water partition coefficient (Wildman–Crippen LogP) is 1.73. The van der Waals surface area contributed by atoms with Gasteiger partial charge in [-0.3, -0.25) is 24.3 Å². The van der Waals surface area contributed by atoms with Crippen molar-refractivity contribution in [2.75, 3.05) is 13.2 Å². The van der Waals surface area contributed by atoms with E-state index in [4.69, 9.17) is 4.74 Å². The van der Waals surface area contributed by atoms with Crippen molar-refractivity contribution in [1.29, 1.82) is 0 Å². The van der Waals surface area contributed by atoms with Gasteiger partial charge in [-0.05, 0) is 37.3 Å². The molecule has 2 fully saturated rings. The molecule has 1 aliphatic carbocycles. The van der Waals surface area contributed by atoms with Gasteiger partial charge in [-0.15, -0.1) is 0 Å². The van der Waals surface area contributed by atoms with Crippen molar-refractivity contribution in [3.8, 4) is 0 Å². The number of rotatable bonds is 6. The summed E-state index contributed by atoms with van der Waals surface area (Å²) in [6.07, 6.45) is 8.42. The Bertz CT molecular complexity index is 593. The number of aryl methyl sites for hydroxylation is 1. The second kappa shape index (κ2) is 7.55. The van der Waals surface area contributed by atoms with Gasteiger partial charge in [-0.25, -0.2) is 0 Å². The van der Waals surface area contributed by atoms with Crippen molar-refractivity contribution in [3.63, 3.8) is 0 Å². The average molecular weight is 330 g/mol. The number of hydrogen-bond donors (Lipinski definition) is 0. The highest BCUT2D eigenvalue weighted by atomic mass is 16.5. The van der Waals surface area contributed by atoms with E-state index in [2.05, 4.69) is 4.98 Å². The summed E-state index contributed by atoms with van der Waals surface area (Å²) >= 11 is 0. The number of aromatic nitrogens is 1. The summed E-state index contributed by atoms with van der Waals surface area (Å²) in [5, 5.41) is 0. The van der Waals surface area contributed by atoms with Crippen molar-refractivity contribution < 1.29 is 19.1 Å². The first-order valence-corrected chi connectivity index (χ1v) is 8.56. The SMILES string of the molecule is O=C(CN1C(=O)C2CCCCC2C1=O)OCCCc1cccnc1. The fraction of sp³-hybridized carbons (Fsp3) is 0.556. The Hall–Kier alpha value is -2.24. The molecule has 2 amide bonds. The molecule has 24 heavy (non-hydrogen) atoms. The Morgan fingerprint density at radius 3 is 2.54 bits per heavy atom. The van der Waals surface area contributed by atoms with Crippen molar-refractivity contribution in [2.45, 2.75) is 38.5 Å². The van der Waals surface area contributed by atoms with Crippen LogP contribution in [0.1, 0.15) is 37.7 Å². The maximum atomic E-state index is 12.3. The van der Waals surface area contributed by atoms with Crippen LogP contribution in [0.25, 0.3) is 0 Å². The van der Waals surface area contributed by atoms with Crippen LogP contribution in [0, 0.1) is 11.8 Å². The standard InChI is InChI=1S/C18H22N2O4/c21-16(24-10-4-6-13-5-3-9-19-11-13)12-20-17(22)14-7-1-2-8-15(14)18(20)23/h3,5,9,11,14-15H,1-2,4,6-8,10,12H2. The summed E-state index contributed by atoms with van der Waals surface area (Å²) < 4.78 is 5.17. The van der Waals surface area contributed by atoms with E-state index in [1.54, 1.807) is 12.4 Å². The maximum Gasteiger partial charge on any atom is 0.326 e. The van der Waals surface area contributed by atoms with Gasteiger partial charge < -0.3 is 4.74 Å². The van der Waals surface area contributed by atoms with E-state index in [0.717, 1.165) is 42.6 Å². The van der Waals surface area contributed by atoms with E-state index in [-0.39, 0.29) is 36.8 Å². The van der Waals surface area contributed by atoms with Gasteiger partial charge >= 0.3 is 5.97 Å². The van der Waals surface area contributed by atoms with Crippen molar-refractivity contribution in [2.24, 2.45) is 11.8 Å². The number of likely N-dealkylation sites (tertiary alicyclic amines) is 1. The molecule has 1 saturated heterocycles. The molecule has 1 aromatic heterocycles. The Morgan fingerprint density at radius 1 is 1.21 bits per heavy atom. The topological polar surface area (TPSA) is 76.6 Å². The zero-order valence-electron chi connectivity index (χ0n) is 13.6. The van der Waals surface area contributed by atoms with Crippen LogP contribution in [0.2, 0.25) is 0 Å². The molecule has 128 valence electrons. The zero-order valence-corrected chi connectivity index (χ0v) is 13.6. The number of ether oxygens (including phenoxy) is 1. The van der Waals surface area contributed by atoms with Crippen LogP contribution >= 0.6 is 0 Å². The molecule has 3 rings (SSSR count). The number of nitrogens with zero attached hydrogens (tertiary/aromatic N) is 2. The van der Waals surface area contributed by atoms with E-state index >= 15 is 0 Å². The Balaban J connectivity index is 1.43. The highest BCUT2D eigenvalue weighted by Crippen LogP contribution is 2.37. The molecule has 2 atom stereocenters. The van der Waals surface area contributed by atoms with Crippen LogP contribution in [0.5, 0.6) is 0 Å². The molecule has 6 heteroatoms. The van der Waals surface area contributed by atoms with Gasteiger partial charge in [0.05, 0.1) is 18.4 Å². The summed E-state index contributed by atoms with van der Waals surface area (Å²) in [6.45, 7) is 0.0222. The van der Waals surface area contributed by atoms with Gasteiger partial charge in [0.1, 0.15) is 6.54 Å². The zero-order chi connectivity index (χ0) is 16.9. The molecule has 0 bridgehead atoms. The third-order valence-electron chi connectivity index (χ3n) is 4.82. The largest absolute Gasteiger partial charge is 0.464 e. The van der Waals surface area contributed by atoms with Crippen molar-refractivity contribution in [1.82, 2.24) is 9.88 Å². The van der Waals surface area contributed by atoms with Crippen LogP contribution < -0.4 is 0 Å². The summed E-state index contributed by atoms with van der Waals surface area (Å²) in [6, 6.07) is 3.84. The second-order valence-corrected chi connectivity index (χ2v) is 6.45. The lowest BCUT2D eigenvalue weighted by Gasteiger charge is -2.19. The summed E-state index contributed by atoms with van der Waals surface area (Å²) in [4.78, 5) is 41.6. The summed E-state index contributed by atoms with van der Waals surface area (Å²) in [7, 11) is 0. The molecule has 1 aliphatic heterocycles. The molecule has 2 aliphatic rings. The summed E-state index contributed by atoms with van der Waals surface area (Å²) in [5.41, 5.74) is 1.09. The van der Waals surface area contributed by atoms with E-state index in [1.807, 2.05) is 12.1 Å². The molecule has 6 nitrogen and oxygen atoms in total. The quantitative estimate of drug-likeness (QED) is 0.451. The van der Waals surface area contributed by atoms with Gasteiger partial charge in [-0.1, -0.05) is 18.9 Å². The van der Waals surface area contributed by atoms with E-state index < -0.39 is 5.97 Å². The minimum Gasteiger partial charge on any atom is -0.464 e. The Labute approximate surface area is 141 Å². The third-order valence-corrected chi connectivity index (χ3v) is 4.82. The minimum absolute atomic E-state index is 0.197. The van der Waals surface area contributed by atoms with E-state index in [0.29, 0.717) is 6.42 Å². The van der Waals surface area contributed by atoms with Gasteiger partial charge in [0.2, 0.25) is 11.8 Å². The monoisotopic (exact) mass is 330 g/mol. The Kier molecular flexibility index (Phi) is 5.23. The van der Waals surface area contributed by atoms with Gasteiger partial charge in [-0.2, -0.15) is 0 Å². The van der Waals surface area contributed by atoms with Gasteiger partial charge in [0.25, 0.3) is 0 Å². The molecule has 1 aromatic rings. The van der Waals surface area contributed by atoms with Crippen LogP contribution in [-0.4, -0.2) is 40.8 Å². The number of imide groups is 1. The fourth-order valence-corrected chi connectivity index (χ4v) is 3.57. The molecular formula is C18H22N2O4. The molecule has 2 heterocycles. The second-order valence-electron chi connectivity index (χ2n) is 6.45. The van der Waals surface area contributed by atoms with Crippen LogP contribution in [-0.2, 0) is 25.5 Å². The van der Waals surface area contributed by atoms with Crippen molar-refractivity contribution in [3.05, 3.63) is 30.1 Å². The van der Waals surface area contributed by atoms with Crippen LogP contribution in [0.4, 0.5) is 0 Å². The minimum atomic E-state index is -0.512. The normalized spacial score (nSPS) is 23.2. The van der Waals surface area contributed by atoms with Gasteiger partial charge in [0, 0.05) is 12.4 Å². The lowest BCUT2D eigenvalue weighted by molar-refractivity contribution is -0.153. The first kappa shape index (κ1) is 16.6. The molecule has 1 saturated carbocycles. The fourth-order valence-electron chi connectivity index (χ4n) is 3.57. The third kappa shape index (κ3) is 3.63. The van der Waals surface area contributed by atoms with Crippen LogP contribution in [0.15, 0.2) is 24.5 Å². The molecule has 2 unspecified atom stereocenters. The number of carbonyl (C=O) groups is 3. The summed E-state index contributed by atoms with van der Waals surface area (Å²) in [5.74, 6) is -1.34. The highest BCUT2D eigenvalue weighted by Gasteiger charge is 2.48. The van der Waals surface area contributed by atoms with Crippen LogP contribution in [0.3, 0.4) is 0 Å². The number of amides is 2.